The molecule has 2 amide bonds. The summed E-state index contributed by atoms with van der Waals surface area (Å²) in [6.45, 7) is 2.74. The van der Waals surface area contributed by atoms with E-state index in [9.17, 15) is 22.4 Å². The van der Waals surface area contributed by atoms with Crippen LogP contribution in [0.2, 0.25) is 0 Å². The average molecular weight is 434 g/mol. The molecule has 1 atom stereocenters. The lowest BCUT2D eigenvalue weighted by Crippen LogP contribution is -2.45. The topological polar surface area (TPSA) is 86.8 Å². The number of likely N-dealkylation sites (tertiary alicyclic amines) is 1. The molecule has 1 fully saturated rings. The second-order valence-corrected chi connectivity index (χ2v) is 9.11. The molecule has 3 rings (SSSR count). The van der Waals surface area contributed by atoms with Gasteiger partial charge in [-0.1, -0.05) is 18.2 Å². The molecule has 160 valence electrons. The summed E-state index contributed by atoms with van der Waals surface area (Å²) in [4.78, 5) is 27.4. The molecule has 1 N–H and O–H groups in total. The Morgan fingerprint density at radius 2 is 1.77 bits per heavy atom. The first-order valence-electron chi connectivity index (χ1n) is 9.62. The molecule has 1 aliphatic rings. The fraction of sp³-hybridized carbons (Fsp3) is 0.333. The Hall–Kier alpha value is -2.94. The zero-order valence-corrected chi connectivity index (χ0v) is 17.7. The Balaban J connectivity index is 1.87. The number of hydrogen-bond donors (Lipinski definition) is 1. The van der Waals surface area contributed by atoms with E-state index in [0.29, 0.717) is 24.3 Å². The lowest BCUT2D eigenvalue weighted by Gasteiger charge is -2.28. The maximum absolute atomic E-state index is 13.7. The summed E-state index contributed by atoms with van der Waals surface area (Å²) in [5, 5.41) is 2.67. The molecule has 0 aliphatic carbocycles. The largest absolute Gasteiger partial charge is 0.339 e. The van der Waals surface area contributed by atoms with Gasteiger partial charge in [0.15, 0.2) is 0 Å². The number of carbonyl (C=O) groups is 2. The van der Waals surface area contributed by atoms with Crippen molar-refractivity contribution in [2.75, 3.05) is 29.0 Å². The monoisotopic (exact) mass is 433 g/mol. The van der Waals surface area contributed by atoms with Gasteiger partial charge in [-0.25, -0.2) is 12.8 Å². The minimum absolute atomic E-state index is 0.0431. The van der Waals surface area contributed by atoms with E-state index in [4.69, 9.17) is 0 Å². The van der Waals surface area contributed by atoms with Crippen LogP contribution in [-0.4, -0.2) is 50.5 Å². The highest BCUT2D eigenvalue weighted by Gasteiger charge is 2.30. The molecule has 0 spiro atoms. The molecule has 0 saturated carbocycles. The lowest BCUT2D eigenvalue weighted by atomic mass is 10.1. The van der Waals surface area contributed by atoms with Crippen molar-refractivity contribution in [3.63, 3.8) is 0 Å². The summed E-state index contributed by atoms with van der Waals surface area (Å²) in [5.74, 6) is -1.43. The van der Waals surface area contributed by atoms with Crippen molar-refractivity contribution in [2.45, 2.75) is 25.8 Å². The Morgan fingerprint density at radius 1 is 1.10 bits per heavy atom. The Bertz CT molecular complexity index is 1050. The van der Waals surface area contributed by atoms with Crippen LogP contribution < -0.4 is 9.62 Å². The Morgan fingerprint density at radius 3 is 2.40 bits per heavy atom. The molecule has 1 aliphatic heterocycles. The van der Waals surface area contributed by atoms with Crippen LogP contribution in [0, 0.1) is 5.82 Å². The fourth-order valence-corrected chi connectivity index (χ4v) is 4.70. The van der Waals surface area contributed by atoms with Crippen molar-refractivity contribution in [3.05, 3.63) is 59.9 Å². The normalized spacial score (nSPS) is 15.0. The molecule has 30 heavy (non-hydrogen) atoms. The Labute approximate surface area is 175 Å². The van der Waals surface area contributed by atoms with E-state index in [0.717, 1.165) is 29.5 Å². The van der Waals surface area contributed by atoms with Gasteiger partial charge in [0.25, 0.3) is 5.91 Å². The minimum atomic E-state index is -3.88. The highest BCUT2D eigenvalue weighted by atomic mass is 32.2. The predicted molar refractivity (Wildman–Crippen MR) is 113 cm³/mol. The number of carbonyl (C=O) groups excluding carboxylic acids is 2. The maximum atomic E-state index is 13.7. The molecule has 1 saturated heterocycles. The molecule has 2 aromatic carbocycles. The molecule has 0 bridgehead atoms. The highest BCUT2D eigenvalue weighted by Crippen LogP contribution is 2.24. The first-order valence-corrected chi connectivity index (χ1v) is 11.5. The van der Waals surface area contributed by atoms with Gasteiger partial charge in [0.05, 0.1) is 23.2 Å². The van der Waals surface area contributed by atoms with E-state index in [1.54, 1.807) is 29.2 Å². The van der Waals surface area contributed by atoms with Crippen molar-refractivity contribution >= 4 is 33.2 Å². The Kier molecular flexibility index (Phi) is 6.40. The number of nitrogens with one attached hydrogen (secondary N) is 1. The molecule has 9 heteroatoms. The van der Waals surface area contributed by atoms with Gasteiger partial charge >= 0.3 is 0 Å². The summed E-state index contributed by atoms with van der Waals surface area (Å²) in [5.41, 5.74) is 0.692. The van der Waals surface area contributed by atoms with Gasteiger partial charge in [0, 0.05) is 13.1 Å². The number of rotatable bonds is 6. The molecule has 1 heterocycles. The van der Waals surface area contributed by atoms with Gasteiger partial charge in [-0.3, -0.25) is 13.9 Å². The third-order valence-corrected chi connectivity index (χ3v) is 6.20. The van der Waals surface area contributed by atoms with Crippen LogP contribution in [0.1, 0.15) is 30.1 Å². The number of sulfonamides is 1. The fourth-order valence-electron chi connectivity index (χ4n) is 3.53. The molecular formula is C21H24FN3O4S. The number of nitrogens with zero attached hydrogens (tertiary/aromatic N) is 2. The molecular weight excluding hydrogens is 409 g/mol. The van der Waals surface area contributed by atoms with E-state index in [-0.39, 0.29) is 11.6 Å². The third-order valence-electron chi connectivity index (χ3n) is 4.96. The van der Waals surface area contributed by atoms with Crippen LogP contribution in [0.4, 0.5) is 15.8 Å². The van der Waals surface area contributed by atoms with Crippen LogP contribution in [0.3, 0.4) is 0 Å². The zero-order valence-electron chi connectivity index (χ0n) is 16.8. The number of anilines is 2. The summed E-state index contributed by atoms with van der Waals surface area (Å²) >= 11 is 0. The van der Waals surface area contributed by atoms with Crippen molar-refractivity contribution in [2.24, 2.45) is 0 Å². The third kappa shape index (κ3) is 4.79. The summed E-state index contributed by atoms with van der Waals surface area (Å²) in [7, 11) is -3.88. The zero-order chi connectivity index (χ0) is 21.9. The van der Waals surface area contributed by atoms with Crippen molar-refractivity contribution < 1.29 is 22.4 Å². The van der Waals surface area contributed by atoms with Gasteiger partial charge in [-0.05, 0) is 50.1 Å². The predicted octanol–water partition coefficient (Wildman–Crippen LogP) is 2.85. The van der Waals surface area contributed by atoms with E-state index in [2.05, 4.69) is 5.32 Å². The summed E-state index contributed by atoms with van der Waals surface area (Å²) in [6.07, 6.45) is 2.83. The van der Waals surface area contributed by atoms with E-state index in [1.807, 2.05) is 0 Å². The second-order valence-electron chi connectivity index (χ2n) is 7.25. The van der Waals surface area contributed by atoms with Crippen molar-refractivity contribution in [1.82, 2.24) is 4.90 Å². The smallest absolute Gasteiger partial charge is 0.255 e. The van der Waals surface area contributed by atoms with Crippen LogP contribution in [0.5, 0.6) is 0 Å². The van der Waals surface area contributed by atoms with Gasteiger partial charge in [-0.15, -0.1) is 0 Å². The van der Waals surface area contributed by atoms with Crippen LogP contribution in [0.25, 0.3) is 0 Å². The summed E-state index contributed by atoms with van der Waals surface area (Å²) < 4.78 is 39.2. The number of para-hydroxylation sites is 1. The van der Waals surface area contributed by atoms with Crippen molar-refractivity contribution in [1.29, 1.82) is 0 Å². The van der Waals surface area contributed by atoms with Crippen molar-refractivity contribution in [3.8, 4) is 0 Å². The number of amides is 2. The lowest BCUT2D eigenvalue weighted by molar-refractivity contribution is -0.116. The minimum Gasteiger partial charge on any atom is -0.339 e. The average Bonchev–Trinajstić information content (AvgIpc) is 3.21. The first-order chi connectivity index (χ1) is 14.2. The molecule has 0 radical (unpaired) electrons. The first kappa shape index (κ1) is 21.8. The molecule has 0 unspecified atom stereocenters. The number of benzene rings is 2. The SMILES string of the molecule is C[C@@H](C(=O)Nc1ccccc1C(=O)N1CCCC1)N(c1cccc(F)c1)S(C)(=O)=O. The number of hydrogen-bond acceptors (Lipinski definition) is 4. The van der Waals surface area contributed by atoms with Gasteiger partial charge in [0.1, 0.15) is 11.9 Å². The quantitative estimate of drug-likeness (QED) is 0.759. The molecule has 2 aromatic rings. The summed E-state index contributed by atoms with van der Waals surface area (Å²) in [6, 6.07) is 10.5. The van der Waals surface area contributed by atoms with Gasteiger partial charge < -0.3 is 10.2 Å². The van der Waals surface area contributed by atoms with Gasteiger partial charge in [0.2, 0.25) is 15.9 Å². The molecule has 0 aromatic heterocycles. The highest BCUT2D eigenvalue weighted by molar-refractivity contribution is 7.92. The van der Waals surface area contributed by atoms with E-state index >= 15 is 0 Å². The van der Waals surface area contributed by atoms with Crippen LogP contribution in [-0.2, 0) is 14.8 Å². The van der Waals surface area contributed by atoms with Crippen LogP contribution in [0.15, 0.2) is 48.5 Å². The standard InChI is InChI=1S/C21H24FN3O4S/c1-15(25(30(2,28)29)17-9-7-8-16(22)14-17)20(26)23-19-11-4-3-10-18(19)21(27)24-12-5-6-13-24/h3-4,7-11,14-15H,5-6,12-13H2,1-2H3,(H,23,26)/t15-/m0/s1. The van der Waals surface area contributed by atoms with Gasteiger partial charge in [-0.2, -0.15) is 0 Å². The molecule has 7 nitrogen and oxygen atoms in total. The van der Waals surface area contributed by atoms with E-state index in [1.165, 1.54) is 25.1 Å². The number of halogens is 1. The second kappa shape index (κ2) is 8.83. The maximum Gasteiger partial charge on any atom is 0.255 e. The van der Waals surface area contributed by atoms with E-state index < -0.39 is 27.8 Å². The van der Waals surface area contributed by atoms with Crippen LogP contribution >= 0.6 is 0 Å².